The van der Waals surface area contributed by atoms with Crippen LogP contribution in [0, 0.1) is 0 Å². The maximum atomic E-state index is 11.6. The quantitative estimate of drug-likeness (QED) is 0.756. The van der Waals surface area contributed by atoms with E-state index in [-0.39, 0.29) is 38.5 Å². The number of carbonyl (C=O) groups excluding carboxylic acids is 2. The third-order valence-corrected chi connectivity index (χ3v) is 2.11. The van der Waals surface area contributed by atoms with Gasteiger partial charge in [0.1, 0.15) is 5.75 Å². The van der Waals surface area contributed by atoms with Crippen LogP contribution in [0.3, 0.4) is 0 Å². The third kappa shape index (κ3) is 4.62. The van der Waals surface area contributed by atoms with Gasteiger partial charge in [-0.3, -0.25) is 4.79 Å². The Morgan fingerprint density at radius 2 is 1.72 bits per heavy atom. The smallest absolute Gasteiger partial charge is 0.408 e. The molecular weight excluding hydrogens is 313 g/mol. The van der Waals surface area contributed by atoms with Gasteiger partial charge in [0.25, 0.3) is 5.91 Å². The molecule has 6 nitrogen and oxygen atoms in total. The van der Waals surface area contributed by atoms with Crippen LogP contribution in [0.4, 0.5) is 4.79 Å². The van der Waals surface area contributed by atoms with Crippen molar-refractivity contribution in [3.05, 3.63) is 29.8 Å². The predicted molar refractivity (Wildman–Crippen MR) is 60.5 cm³/mol. The summed E-state index contributed by atoms with van der Waals surface area (Å²) in [5, 5.41) is 13.8. The van der Waals surface area contributed by atoms with Crippen LogP contribution in [-0.4, -0.2) is 31.2 Å². The maximum Gasteiger partial charge on any atom is 0.408 e. The number of carbonyl (C=O) groups is 2. The van der Waals surface area contributed by atoms with Crippen molar-refractivity contribution in [3.8, 4) is 5.75 Å². The normalized spacial score (nSPS) is 10.8. The summed E-state index contributed by atoms with van der Waals surface area (Å²) in [4.78, 5) is 22.7. The number of ether oxygens (including phenoxy) is 1. The molecule has 1 atom stereocenters. The first-order chi connectivity index (χ1) is 8.08. The van der Waals surface area contributed by atoms with Crippen molar-refractivity contribution < 1.29 is 52.1 Å². The number of aromatic hydroxyl groups is 1. The summed E-state index contributed by atoms with van der Waals surface area (Å²) in [6.07, 6.45) is -1.74. The Balaban J connectivity index is 0.00000289. The minimum absolute atomic E-state index is 0. The van der Waals surface area contributed by atoms with Gasteiger partial charge in [0.15, 0.2) is 0 Å². The van der Waals surface area contributed by atoms with Gasteiger partial charge in [-0.25, -0.2) is 4.79 Å². The maximum absolute atomic E-state index is 11.6. The average molecular weight is 327 g/mol. The molecule has 1 rings (SSSR count). The second-order valence-electron chi connectivity index (χ2n) is 3.24. The molecule has 0 aliphatic heterocycles. The molecule has 0 heterocycles. The Hall–Kier alpha value is -1.14. The minimum Gasteiger partial charge on any atom is -0.508 e. The second-order valence-corrected chi connectivity index (χ2v) is 3.24. The van der Waals surface area contributed by atoms with E-state index in [1.165, 1.54) is 38.4 Å². The molecule has 95 valence electrons. The number of hydrogen-bond donors (Lipinski definition) is 3. The molecular formula is C11H14N2O4Y. The summed E-state index contributed by atoms with van der Waals surface area (Å²) < 4.78 is 4.93. The number of rotatable bonds is 3. The van der Waals surface area contributed by atoms with Crippen LogP contribution >= 0.6 is 0 Å². The first-order valence-corrected chi connectivity index (χ1v) is 4.97. The van der Waals surface area contributed by atoms with Gasteiger partial charge in [0, 0.05) is 52.4 Å². The fourth-order valence-corrected chi connectivity index (χ4v) is 1.22. The van der Waals surface area contributed by atoms with Gasteiger partial charge < -0.3 is 20.5 Å². The molecule has 1 aromatic rings. The molecule has 2 amide bonds. The number of likely N-dealkylation sites (N-methyl/N-ethyl adjacent to an activating group) is 1. The number of alkyl carbamates (subject to hydrolysis) is 1. The van der Waals surface area contributed by atoms with Gasteiger partial charge in [0.05, 0.1) is 0 Å². The first-order valence-electron chi connectivity index (χ1n) is 4.97. The molecule has 1 aromatic carbocycles. The van der Waals surface area contributed by atoms with E-state index in [0.29, 0.717) is 5.56 Å². The van der Waals surface area contributed by atoms with Gasteiger partial charge >= 0.3 is 6.09 Å². The number of amides is 2. The van der Waals surface area contributed by atoms with Crippen molar-refractivity contribution in [1.29, 1.82) is 0 Å². The molecule has 0 bridgehead atoms. The van der Waals surface area contributed by atoms with Crippen LogP contribution in [0.2, 0.25) is 0 Å². The standard InChI is InChI=1S/C11H14N2O4.Y/c1-12-10(15)9(17-11(16)13-2)7-3-5-8(14)6-4-7;/h3-6,9,14H,1-2H3,(H,12,15)(H,13,16);. The Labute approximate surface area is 130 Å². The molecule has 0 aliphatic carbocycles. The summed E-state index contributed by atoms with van der Waals surface area (Å²) in [5.74, 6) is -0.372. The van der Waals surface area contributed by atoms with Gasteiger partial charge in [-0.05, 0) is 12.1 Å². The van der Waals surface area contributed by atoms with Crippen LogP contribution in [0.15, 0.2) is 24.3 Å². The van der Waals surface area contributed by atoms with E-state index in [1.54, 1.807) is 0 Å². The zero-order valence-corrected chi connectivity index (χ0v) is 13.0. The monoisotopic (exact) mass is 327 g/mol. The molecule has 18 heavy (non-hydrogen) atoms. The Kier molecular flexibility index (Phi) is 7.54. The number of phenols is 1. The van der Waals surface area contributed by atoms with Crippen molar-refractivity contribution in [3.63, 3.8) is 0 Å². The molecule has 0 spiro atoms. The van der Waals surface area contributed by atoms with Crippen molar-refractivity contribution in [2.24, 2.45) is 0 Å². The van der Waals surface area contributed by atoms with Gasteiger partial charge in [-0.15, -0.1) is 0 Å². The molecule has 0 fully saturated rings. The van der Waals surface area contributed by atoms with Crippen LogP contribution < -0.4 is 10.6 Å². The number of benzene rings is 1. The summed E-state index contributed by atoms with van der Waals surface area (Å²) >= 11 is 0. The molecule has 1 radical (unpaired) electrons. The molecule has 3 N–H and O–H groups in total. The van der Waals surface area contributed by atoms with E-state index in [1.807, 2.05) is 0 Å². The fourth-order valence-electron chi connectivity index (χ4n) is 1.22. The molecule has 1 unspecified atom stereocenters. The van der Waals surface area contributed by atoms with Gasteiger partial charge in [0.2, 0.25) is 6.10 Å². The van der Waals surface area contributed by atoms with Crippen molar-refractivity contribution >= 4 is 12.0 Å². The number of phenolic OH excluding ortho intramolecular Hbond substituents is 1. The summed E-state index contributed by atoms with van der Waals surface area (Å²) in [6.45, 7) is 0. The van der Waals surface area contributed by atoms with E-state index in [0.717, 1.165) is 0 Å². The number of nitrogens with one attached hydrogen (secondary N) is 2. The molecule has 0 saturated heterocycles. The van der Waals surface area contributed by atoms with E-state index < -0.39 is 18.1 Å². The van der Waals surface area contributed by atoms with E-state index >= 15 is 0 Å². The minimum atomic E-state index is -1.04. The van der Waals surface area contributed by atoms with E-state index in [9.17, 15) is 9.59 Å². The molecule has 7 heteroatoms. The van der Waals surface area contributed by atoms with Crippen LogP contribution in [0.5, 0.6) is 5.75 Å². The fraction of sp³-hybridized carbons (Fsp3) is 0.273. The summed E-state index contributed by atoms with van der Waals surface area (Å²) in [5.41, 5.74) is 0.478. The Morgan fingerprint density at radius 1 is 1.17 bits per heavy atom. The SMILES string of the molecule is CNC(=O)OC(C(=O)NC)c1ccc(O)cc1.[Y]. The van der Waals surface area contributed by atoms with Crippen molar-refractivity contribution in [1.82, 2.24) is 10.6 Å². The second kappa shape index (κ2) is 8.05. The first kappa shape index (κ1) is 16.9. The van der Waals surface area contributed by atoms with Crippen molar-refractivity contribution in [2.45, 2.75) is 6.10 Å². The summed E-state index contributed by atoms with van der Waals surface area (Å²) in [7, 11) is 2.85. The van der Waals surface area contributed by atoms with E-state index in [2.05, 4.69) is 10.6 Å². The van der Waals surface area contributed by atoms with Crippen LogP contribution in [0.1, 0.15) is 11.7 Å². The zero-order chi connectivity index (χ0) is 12.8. The topological polar surface area (TPSA) is 87.7 Å². The third-order valence-electron chi connectivity index (χ3n) is 2.11. The Bertz CT molecular complexity index is 408. The van der Waals surface area contributed by atoms with Gasteiger partial charge in [-0.1, -0.05) is 12.1 Å². The summed E-state index contributed by atoms with van der Waals surface area (Å²) in [6, 6.07) is 5.85. The largest absolute Gasteiger partial charge is 0.508 e. The van der Waals surface area contributed by atoms with Gasteiger partial charge in [-0.2, -0.15) is 0 Å². The average Bonchev–Trinajstić information content (AvgIpc) is 2.36. The zero-order valence-electron chi connectivity index (χ0n) is 10.1. The Morgan fingerprint density at radius 3 is 2.17 bits per heavy atom. The van der Waals surface area contributed by atoms with Crippen molar-refractivity contribution in [2.75, 3.05) is 14.1 Å². The van der Waals surface area contributed by atoms with Crippen LogP contribution in [-0.2, 0) is 42.2 Å². The van der Waals surface area contributed by atoms with Crippen LogP contribution in [0.25, 0.3) is 0 Å². The molecule has 0 aliphatic rings. The van der Waals surface area contributed by atoms with E-state index in [4.69, 9.17) is 9.84 Å². The molecule has 0 saturated carbocycles. The predicted octanol–water partition coefficient (Wildman–Crippen LogP) is 0.533. The number of hydrogen-bond acceptors (Lipinski definition) is 4. The molecule has 0 aromatic heterocycles.